The van der Waals surface area contributed by atoms with Gasteiger partial charge >= 0.3 is 0 Å². The molecule has 5 heteroatoms. The van der Waals surface area contributed by atoms with Gasteiger partial charge < -0.3 is 14.5 Å². The van der Waals surface area contributed by atoms with Crippen molar-refractivity contribution >= 4 is 29.3 Å². The molecule has 0 aromatic heterocycles. The molecule has 0 aliphatic carbocycles. The molecule has 130 valence electrons. The zero-order chi connectivity index (χ0) is 17.6. The lowest BCUT2D eigenvalue weighted by molar-refractivity contribution is -0.126. The Bertz CT molecular complexity index is 768. The summed E-state index contributed by atoms with van der Waals surface area (Å²) in [7, 11) is 1.63. The van der Waals surface area contributed by atoms with Gasteiger partial charge in [0.05, 0.1) is 17.8 Å². The molecule has 1 aliphatic heterocycles. The van der Waals surface area contributed by atoms with Crippen molar-refractivity contribution < 1.29 is 9.53 Å². The molecule has 1 fully saturated rings. The van der Waals surface area contributed by atoms with Crippen LogP contribution < -0.4 is 9.64 Å². The molecule has 0 saturated carbocycles. The number of nitrogens with zero attached hydrogens (tertiary/aromatic N) is 2. The number of halogens is 1. The average molecular weight is 357 g/mol. The van der Waals surface area contributed by atoms with Crippen LogP contribution in [0.2, 0.25) is 5.02 Å². The second-order valence-corrected chi connectivity index (χ2v) is 6.28. The lowest BCUT2D eigenvalue weighted by Crippen LogP contribution is -2.48. The lowest BCUT2D eigenvalue weighted by atomic mass is 10.2. The summed E-state index contributed by atoms with van der Waals surface area (Å²) in [6, 6.07) is 15.5. The molecule has 1 heterocycles. The van der Waals surface area contributed by atoms with Gasteiger partial charge in [0.25, 0.3) is 0 Å². The molecule has 2 aromatic rings. The fourth-order valence-electron chi connectivity index (χ4n) is 2.89. The van der Waals surface area contributed by atoms with Gasteiger partial charge in [-0.1, -0.05) is 35.9 Å². The van der Waals surface area contributed by atoms with E-state index in [1.807, 2.05) is 59.5 Å². The minimum atomic E-state index is 0.0293. The van der Waals surface area contributed by atoms with Gasteiger partial charge in [0.1, 0.15) is 5.75 Å². The predicted octanol–water partition coefficient (Wildman–Crippen LogP) is 3.71. The first-order valence-electron chi connectivity index (χ1n) is 8.28. The van der Waals surface area contributed by atoms with Crippen molar-refractivity contribution in [3.63, 3.8) is 0 Å². The summed E-state index contributed by atoms with van der Waals surface area (Å²) in [5.74, 6) is 0.810. The lowest BCUT2D eigenvalue weighted by Gasteiger charge is -2.36. The van der Waals surface area contributed by atoms with E-state index < -0.39 is 0 Å². The maximum absolute atomic E-state index is 12.4. The quantitative estimate of drug-likeness (QED) is 0.783. The summed E-state index contributed by atoms with van der Waals surface area (Å²) < 4.78 is 5.20. The SMILES string of the molecule is COc1cccc(/C=C/C(=O)N2CCN(c3ccccc3Cl)CC2)c1. The van der Waals surface area contributed by atoms with E-state index in [0.29, 0.717) is 13.1 Å². The van der Waals surface area contributed by atoms with Crippen molar-refractivity contribution in [2.75, 3.05) is 38.2 Å². The Balaban J connectivity index is 1.58. The first-order valence-corrected chi connectivity index (χ1v) is 8.65. The molecule has 1 amide bonds. The fraction of sp³-hybridized carbons (Fsp3) is 0.250. The van der Waals surface area contributed by atoms with Gasteiger partial charge in [-0.25, -0.2) is 0 Å². The van der Waals surface area contributed by atoms with Gasteiger partial charge in [0, 0.05) is 32.3 Å². The van der Waals surface area contributed by atoms with Gasteiger partial charge in [-0.05, 0) is 35.9 Å². The summed E-state index contributed by atoms with van der Waals surface area (Å²) in [5.41, 5.74) is 1.98. The van der Waals surface area contributed by atoms with Gasteiger partial charge in [-0.15, -0.1) is 0 Å². The first kappa shape index (κ1) is 17.4. The number of carbonyl (C=O) groups excluding carboxylic acids is 1. The largest absolute Gasteiger partial charge is 0.497 e. The number of rotatable bonds is 4. The molecule has 2 aromatic carbocycles. The summed E-state index contributed by atoms with van der Waals surface area (Å²) in [6.07, 6.45) is 3.45. The molecule has 0 bridgehead atoms. The van der Waals surface area contributed by atoms with E-state index in [1.54, 1.807) is 13.2 Å². The minimum absolute atomic E-state index is 0.0293. The zero-order valence-electron chi connectivity index (χ0n) is 14.2. The van der Waals surface area contributed by atoms with Crippen LogP contribution in [-0.2, 0) is 4.79 Å². The van der Waals surface area contributed by atoms with E-state index in [-0.39, 0.29) is 5.91 Å². The van der Waals surface area contributed by atoms with Crippen LogP contribution in [0.15, 0.2) is 54.6 Å². The second kappa shape index (κ2) is 8.08. The molecule has 25 heavy (non-hydrogen) atoms. The molecular formula is C20H21ClN2O2. The van der Waals surface area contributed by atoms with Gasteiger partial charge in [-0.3, -0.25) is 4.79 Å². The van der Waals surface area contributed by atoms with Crippen molar-refractivity contribution in [1.82, 2.24) is 4.90 Å². The van der Waals surface area contributed by atoms with Crippen molar-refractivity contribution in [3.8, 4) is 5.75 Å². The van der Waals surface area contributed by atoms with Crippen LogP contribution in [0.3, 0.4) is 0 Å². The molecule has 1 saturated heterocycles. The minimum Gasteiger partial charge on any atom is -0.497 e. The highest BCUT2D eigenvalue weighted by molar-refractivity contribution is 6.33. The molecular weight excluding hydrogens is 336 g/mol. The third-order valence-corrected chi connectivity index (χ3v) is 4.62. The number of benzene rings is 2. The number of piperazine rings is 1. The molecule has 4 nitrogen and oxygen atoms in total. The molecule has 0 atom stereocenters. The smallest absolute Gasteiger partial charge is 0.246 e. The van der Waals surface area contributed by atoms with Crippen LogP contribution in [0, 0.1) is 0 Å². The Morgan fingerprint density at radius 3 is 2.56 bits per heavy atom. The molecule has 3 rings (SSSR count). The second-order valence-electron chi connectivity index (χ2n) is 5.87. The van der Waals surface area contributed by atoms with Crippen LogP contribution in [0.25, 0.3) is 6.08 Å². The predicted molar refractivity (Wildman–Crippen MR) is 102 cm³/mol. The van der Waals surface area contributed by atoms with E-state index >= 15 is 0 Å². The summed E-state index contributed by atoms with van der Waals surface area (Å²) in [6.45, 7) is 2.93. The Morgan fingerprint density at radius 2 is 1.84 bits per heavy atom. The number of ether oxygens (including phenoxy) is 1. The normalized spacial score (nSPS) is 14.8. The molecule has 0 unspecified atom stereocenters. The number of carbonyl (C=O) groups is 1. The average Bonchev–Trinajstić information content (AvgIpc) is 2.67. The summed E-state index contributed by atoms with van der Waals surface area (Å²) >= 11 is 6.26. The molecule has 0 radical (unpaired) electrons. The van der Waals surface area contributed by atoms with E-state index in [1.165, 1.54) is 0 Å². The van der Waals surface area contributed by atoms with Crippen molar-refractivity contribution in [2.45, 2.75) is 0 Å². The number of methoxy groups -OCH3 is 1. The highest BCUT2D eigenvalue weighted by atomic mass is 35.5. The standard InChI is InChI=1S/C20H21ClN2O2/c1-25-17-6-4-5-16(15-17)9-10-20(24)23-13-11-22(12-14-23)19-8-3-2-7-18(19)21/h2-10,15H,11-14H2,1H3/b10-9+. The van der Waals surface area contributed by atoms with Crippen LogP contribution in [0.5, 0.6) is 5.75 Å². The van der Waals surface area contributed by atoms with Crippen molar-refractivity contribution in [3.05, 3.63) is 65.2 Å². The van der Waals surface area contributed by atoms with Crippen molar-refractivity contribution in [2.24, 2.45) is 0 Å². The highest BCUT2D eigenvalue weighted by Gasteiger charge is 2.20. The Hall–Kier alpha value is -2.46. The van der Waals surface area contributed by atoms with Crippen molar-refractivity contribution in [1.29, 1.82) is 0 Å². The summed E-state index contributed by atoms with van der Waals surface area (Å²) in [4.78, 5) is 16.5. The monoisotopic (exact) mass is 356 g/mol. The topological polar surface area (TPSA) is 32.8 Å². The molecule has 0 spiro atoms. The van der Waals surface area contributed by atoms with Crippen LogP contribution in [0.1, 0.15) is 5.56 Å². The maximum atomic E-state index is 12.4. The number of amides is 1. The van der Waals surface area contributed by atoms with E-state index in [0.717, 1.165) is 35.1 Å². The van der Waals surface area contributed by atoms with E-state index in [2.05, 4.69) is 4.90 Å². The summed E-state index contributed by atoms with van der Waals surface area (Å²) in [5, 5.41) is 0.750. The van der Waals surface area contributed by atoms with Gasteiger partial charge in [0.15, 0.2) is 0 Å². The molecule has 0 N–H and O–H groups in total. The molecule has 1 aliphatic rings. The van der Waals surface area contributed by atoms with Crippen LogP contribution in [-0.4, -0.2) is 44.1 Å². The third kappa shape index (κ3) is 4.34. The zero-order valence-corrected chi connectivity index (χ0v) is 14.9. The highest BCUT2D eigenvalue weighted by Crippen LogP contribution is 2.26. The Kier molecular flexibility index (Phi) is 5.61. The fourth-order valence-corrected chi connectivity index (χ4v) is 3.15. The van der Waals surface area contributed by atoms with Gasteiger partial charge in [0.2, 0.25) is 5.91 Å². The third-order valence-electron chi connectivity index (χ3n) is 4.30. The van der Waals surface area contributed by atoms with E-state index in [4.69, 9.17) is 16.3 Å². The number of para-hydroxylation sites is 1. The number of hydrogen-bond acceptors (Lipinski definition) is 3. The van der Waals surface area contributed by atoms with Gasteiger partial charge in [-0.2, -0.15) is 0 Å². The van der Waals surface area contributed by atoms with Crippen LogP contribution in [0.4, 0.5) is 5.69 Å². The first-order chi connectivity index (χ1) is 12.2. The number of anilines is 1. The Labute approximate surface area is 153 Å². The maximum Gasteiger partial charge on any atom is 0.246 e. The van der Waals surface area contributed by atoms with E-state index in [9.17, 15) is 4.79 Å². The van der Waals surface area contributed by atoms with Crippen LogP contribution >= 0.6 is 11.6 Å². The Morgan fingerprint density at radius 1 is 1.08 bits per heavy atom. The number of hydrogen-bond donors (Lipinski definition) is 0.